The highest BCUT2D eigenvalue weighted by Crippen LogP contribution is 2.42. The Bertz CT molecular complexity index is 6070. The summed E-state index contributed by atoms with van der Waals surface area (Å²) in [6.07, 6.45) is 0. The second kappa shape index (κ2) is 32.6. The topological polar surface area (TPSA) is 82.6 Å². The molecule has 110 heavy (non-hydrogen) atoms. The van der Waals surface area contributed by atoms with Crippen LogP contribution in [0.5, 0.6) is 0 Å². The SMILES string of the molecule is Brc1ccc(-c2ccc(N(c3ccccc3)c3cccc4ccccc34)cc2)cc1.CC(C)(O)C(C)(C)O.[B]c1ccc(-c2nc3ccccc3n2-c2ccccc2)cc1.c1ccc(N(c2ccc(-c3ccc(-c4ccc(-c5nc6ccccc6n5-c5ccccc5)cc4)cc3)cc2)c2cccc3ccccc23)cc1. The second-order valence-electron chi connectivity index (χ2n) is 28.0. The lowest BCUT2D eigenvalue weighted by molar-refractivity contribution is -0.107. The zero-order valence-corrected chi connectivity index (χ0v) is 63.2. The summed E-state index contributed by atoms with van der Waals surface area (Å²) in [5.41, 5.74) is 21.2. The van der Waals surface area contributed by atoms with Crippen molar-refractivity contribution in [2.24, 2.45) is 0 Å². The molecule has 0 saturated heterocycles. The van der Waals surface area contributed by atoms with Gasteiger partial charge in [0.05, 0.1) is 44.6 Å². The Labute approximate surface area is 653 Å². The molecule has 0 aliphatic rings. The molecule has 8 nitrogen and oxygen atoms in total. The smallest absolute Gasteiger partial charge is 0.145 e. The molecule has 0 saturated carbocycles. The third kappa shape index (κ3) is 16.2. The number of nitrogens with zero attached hydrogens (tertiary/aromatic N) is 6. The number of anilines is 6. The predicted molar refractivity (Wildman–Crippen MR) is 466 cm³/mol. The quantitative estimate of drug-likeness (QED) is 0.106. The molecular formula is C100H80BBrN6O2. The van der Waals surface area contributed by atoms with Gasteiger partial charge in [-0.25, -0.2) is 9.97 Å². The fraction of sp³-hybridized carbons (Fsp3) is 0.0600. The second-order valence-corrected chi connectivity index (χ2v) is 28.9. The van der Waals surface area contributed by atoms with E-state index in [4.69, 9.17) is 28.0 Å². The van der Waals surface area contributed by atoms with E-state index in [1.807, 2.05) is 72.8 Å². The number of para-hydroxylation sites is 8. The summed E-state index contributed by atoms with van der Waals surface area (Å²) in [6.45, 7) is 6.31. The van der Waals surface area contributed by atoms with Gasteiger partial charge in [0.15, 0.2) is 0 Å². The van der Waals surface area contributed by atoms with Crippen LogP contribution < -0.4 is 15.3 Å². The zero-order chi connectivity index (χ0) is 75.6. The summed E-state index contributed by atoms with van der Waals surface area (Å²) in [5, 5.41) is 23.1. The van der Waals surface area contributed by atoms with Crippen LogP contribution in [0.25, 0.3) is 111 Å². The van der Waals surface area contributed by atoms with Crippen molar-refractivity contribution in [3.8, 4) is 67.5 Å². The summed E-state index contributed by atoms with van der Waals surface area (Å²) in [7, 11) is 5.80. The van der Waals surface area contributed by atoms with E-state index >= 15 is 0 Å². The van der Waals surface area contributed by atoms with Gasteiger partial charge in [-0.15, -0.1) is 0 Å². The first-order valence-corrected chi connectivity index (χ1v) is 37.7. The van der Waals surface area contributed by atoms with Crippen molar-refractivity contribution < 1.29 is 10.2 Å². The fourth-order valence-corrected chi connectivity index (χ4v) is 13.7. The van der Waals surface area contributed by atoms with Crippen LogP contribution in [0.15, 0.2) is 405 Å². The number of fused-ring (bicyclic) bond motifs is 4. The van der Waals surface area contributed by atoms with E-state index in [-0.39, 0.29) is 0 Å². The van der Waals surface area contributed by atoms with E-state index < -0.39 is 11.2 Å². The van der Waals surface area contributed by atoms with Crippen LogP contribution in [0.4, 0.5) is 34.1 Å². The predicted octanol–water partition coefficient (Wildman–Crippen LogP) is 25.4. The monoisotopic (exact) mass is 1490 g/mol. The van der Waals surface area contributed by atoms with Gasteiger partial charge in [0.1, 0.15) is 19.5 Å². The van der Waals surface area contributed by atoms with Crippen LogP contribution >= 0.6 is 15.9 Å². The standard InChI is InChI=1S/C47H33N3.C28H20BrN.C19H13BN2.C6H14O2/c1-3-14-40(15-4-1)49(45-21-11-13-38-12-7-8-18-43(38)45)42-32-30-37(31-33-42)35-24-22-34(23-25-35)36-26-28-39(29-27-36)47-48-44-19-9-10-20-46(44)50(47)41-16-5-2-6-17-41;29-24-17-13-21(14-18-24)22-15-19-26(20-16-22)30(25-9-2-1-3-10-25)28-12-6-8-23-7-4-5-11-27(23)28;20-15-12-10-14(11-13-15)19-21-17-8-4-5-9-18(17)22(19)16-6-2-1-3-7-16;1-5(2,7)6(3,4)8/h1-33H;1-20H;1-13H;7-8H,1-4H3. The van der Waals surface area contributed by atoms with Crippen molar-refractivity contribution in [3.63, 3.8) is 0 Å². The lowest BCUT2D eigenvalue weighted by Crippen LogP contribution is -2.44. The first kappa shape index (κ1) is 72.6. The Balaban J connectivity index is 0.000000135. The zero-order valence-electron chi connectivity index (χ0n) is 61.6. The molecule has 0 amide bonds. The number of imidazole rings is 2. The van der Waals surface area contributed by atoms with Crippen molar-refractivity contribution in [1.82, 2.24) is 19.1 Å². The number of hydrogen-bond acceptors (Lipinski definition) is 6. The molecule has 2 N–H and O–H groups in total. The molecular weight excluding hydrogens is 1410 g/mol. The highest BCUT2D eigenvalue weighted by atomic mass is 79.9. The van der Waals surface area contributed by atoms with E-state index in [1.165, 1.54) is 60.6 Å². The Hall–Kier alpha value is -13.0. The first-order chi connectivity index (χ1) is 53.7. The maximum absolute atomic E-state index is 9.10. The maximum Gasteiger partial charge on any atom is 0.145 e. The lowest BCUT2D eigenvalue weighted by atomic mass is 9.90. The molecule has 0 fully saturated rings. The summed E-state index contributed by atoms with van der Waals surface area (Å²) in [6, 6.07) is 140. The Morgan fingerprint density at radius 3 is 0.918 bits per heavy atom. The average molecular weight is 1490 g/mol. The highest BCUT2D eigenvalue weighted by Gasteiger charge is 2.32. The van der Waals surface area contributed by atoms with Gasteiger partial charge in [-0.2, -0.15) is 0 Å². The molecule has 532 valence electrons. The van der Waals surface area contributed by atoms with Crippen molar-refractivity contribution >= 4 is 107 Å². The molecule has 0 unspecified atom stereocenters. The number of aliphatic hydroxyl groups is 2. The number of halogens is 1. The Morgan fingerprint density at radius 1 is 0.282 bits per heavy atom. The van der Waals surface area contributed by atoms with Gasteiger partial charge in [-0.1, -0.05) is 300 Å². The maximum atomic E-state index is 9.10. The van der Waals surface area contributed by atoms with Gasteiger partial charge in [-0.3, -0.25) is 9.13 Å². The van der Waals surface area contributed by atoms with Gasteiger partial charge < -0.3 is 20.0 Å². The number of rotatable bonds is 14. The summed E-state index contributed by atoms with van der Waals surface area (Å²) >= 11 is 3.51. The third-order valence-corrected chi connectivity index (χ3v) is 20.5. The lowest BCUT2D eigenvalue weighted by Gasteiger charge is -2.31. The van der Waals surface area contributed by atoms with Gasteiger partial charge in [0.2, 0.25) is 0 Å². The van der Waals surface area contributed by atoms with Crippen molar-refractivity contribution in [2.75, 3.05) is 9.80 Å². The molecule has 18 rings (SSSR count). The molecule has 2 radical (unpaired) electrons. The van der Waals surface area contributed by atoms with Gasteiger partial charge in [0, 0.05) is 60.5 Å². The summed E-state index contributed by atoms with van der Waals surface area (Å²) in [4.78, 5) is 14.5. The molecule has 0 aliphatic carbocycles. The van der Waals surface area contributed by atoms with Crippen LogP contribution in [-0.2, 0) is 0 Å². The fourth-order valence-electron chi connectivity index (χ4n) is 13.5. The summed E-state index contributed by atoms with van der Waals surface area (Å²) in [5.74, 6) is 1.86. The summed E-state index contributed by atoms with van der Waals surface area (Å²) < 4.78 is 5.51. The van der Waals surface area contributed by atoms with E-state index in [0.717, 1.165) is 94.6 Å². The number of aromatic nitrogens is 4. The Morgan fingerprint density at radius 2 is 0.555 bits per heavy atom. The van der Waals surface area contributed by atoms with Crippen LogP contribution in [0, 0.1) is 0 Å². The van der Waals surface area contributed by atoms with Crippen LogP contribution in [-0.4, -0.2) is 48.4 Å². The van der Waals surface area contributed by atoms with Crippen LogP contribution in [0.1, 0.15) is 27.7 Å². The molecule has 18 aromatic rings. The molecule has 0 atom stereocenters. The number of hydrogen-bond donors (Lipinski definition) is 2. The van der Waals surface area contributed by atoms with Crippen molar-refractivity contribution in [1.29, 1.82) is 0 Å². The first-order valence-electron chi connectivity index (χ1n) is 36.9. The highest BCUT2D eigenvalue weighted by molar-refractivity contribution is 9.10. The van der Waals surface area contributed by atoms with E-state index in [2.05, 4.69) is 362 Å². The minimum absolute atomic E-state index is 0.756. The van der Waals surface area contributed by atoms with Gasteiger partial charge >= 0.3 is 0 Å². The molecule has 0 spiro atoms. The van der Waals surface area contributed by atoms with Gasteiger partial charge in [0.25, 0.3) is 0 Å². The van der Waals surface area contributed by atoms with E-state index in [9.17, 15) is 0 Å². The average Bonchev–Trinajstić information content (AvgIpc) is 1.32. The molecule has 0 aliphatic heterocycles. The van der Waals surface area contributed by atoms with Crippen molar-refractivity contribution in [2.45, 2.75) is 38.9 Å². The molecule has 2 heterocycles. The van der Waals surface area contributed by atoms with Crippen LogP contribution in [0.3, 0.4) is 0 Å². The van der Waals surface area contributed by atoms with Crippen molar-refractivity contribution in [3.05, 3.63) is 405 Å². The largest absolute Gasteiger partial charge is 0.387 e. The normalized spacial score (nSPS) is 11.3. The molecule has 2 aromatic heterocycles. The van der Waals surface area contributed by atoms with E-state index in [0.29, 0.717) is 0 Å². The van der Waals surface area contributed by atoms with Gasteiger partial charge in [-0.05, 0) is 193 Å². The number of benzene rings is 16. The molecule has 16 aromatic carbocycles. The van der Waals surface area contributed by atoms with Crippen LogP contribution in [0.2, 0.25) is 0 Å². The molecule has 0 bridgehead atoms. The molecule has 10 heteroatoms. The third-order valence-electron chi connectivity index (χ3n) is 20.0. The Kier molecular flexibility index (Phi) is 21.5. The minimum atomic E-state index is -1.01. The van der Waals surface area contributed by atoms with E-state index in [1.54, 1.807) is 27.7 Å². The minimum Gasteiger partial charge on any atom is -0.387 e.